The fraction of sp³-hybridized carbons (Fsp3) is 0.636. The minimum absolute atomic E-state index is 0.117. The van der Waals surface area contributed by atoms with Crippen LogP contribution >= 0.6 is 0 Å². The molecule has 0 aliphatic carbocycles. The third-order valence-electron chi connectivity index (χ3n) is 5.37. The molecular weight excluding hydrogens is 364 g/mol. The van der Waals surface area contributed by atoms with Gasteiger partial charge in [-0.2, -0.15) is 0 Å². The fourth-order valence-electron chi connectivity index (χ4n) is 3.76. The smallest absolute Gasteiger partial charge is 0.242 e. The van der Waals surface area contributed by atoms with Gasteiger partial charge in [0.2, 0.25) is 5.91 Å². The Morgan fingerprint density at radius 1 is 1.03 bits per heavy atom. The zero-order valence-electron chi connectivity index (χ0n) is 18.7. The maximum Gasteiger partial charge on any atom is 0.242 e. The molecule has 2 rings (SSSR count). The van der Waals surface area contributed by atoms with E-state index in [-0.39, 0.29) is 12.5 Å². The SMILES string of the molecule is CN=C(NCCN(C(C)C)C(C)C)NCC(=O)N1CCN(c2ccccc2)CC1. The van der Waals surface area contributed by atoms with Crippen molar-refractivity contribution in [3.05, 3.63) is 30.3 Å². The standard InChI is InChI=1S/C22H38N6O/c1-18(2)28(19(3)4)12-11-24-22(23-5)25-17-21(29)27-15-13-26(14-16-27)20-9-7-6-8-10-20/h6-10,18-19H,11-17H2,1-5H3,(H2,23,24,25). The summed E-state index contributed by atoms with van der Waals surface area (Å²) in [5.74, 6) is 0.792. The van der Waals surface area contributed by atoms with Gasteiger partial charge in [0.1, 0.15) is 0 Å². The third kappa shape index (κ3) is 7.24. The molecule has 1 amide bonds. The van der Waals surface area contributed by atoms with E-state index in [0.717, 1.165) is 39.3 Å². The number of carbonyl (C=O) groups is 1. The van der Waals surface area contributed by atoms with Crippen LogP contribution in [0.4, 0.5) is 5.69 Å². The van der Waals surface area contributed by atoms with Crippen molar-refractivity contribution in [2.75, 3.05) is 57.8 Å². The van der Waals surface area contributed by atoms with Gasteiger partial charge >= 0.3 is 0 Å². The average Bonchev–Trinajstić information content (AvgIpc) is 2.73. The Hall–Kier alpha value is -2.28. The molecule has 1 heterocycles. The maximum absolute atomic E-state index is 12.6. The summed E-state index contributed by atoms with van der Waals surface area (Å²) >= 11 is 0. The molecule has 0 spiro atoms. The number of hydrogen-bond donors (Lipinski definition) is 2. The Morgan fingerprint density at radius 2 is 1.66 bits per heavy atom. The van der Waals surface area contributed by atoms with Gasteiger partial charge in [0.05, 0.1) is 6.54 Å². The lowest BCUT2D eigenvalue weighted by Gasteiger charge is -2.36. The molecule has 1 fully saturated rings. The fourth-order valence-corrected chi connectivity index (χ4v) is 3.76. The van der Waals surface area contributed by atoms with E-state index in [1.807, 2.05) is 11.0 Å². The lowest BCUT2D eigenvalue weighted by Crippen LogP contribution is -2.52. The van der Waals surface area contributed by atoms with Crippen LogP contribution in [0.15, 0.2) is 35.3 Å². The van der Waals surface area contributed by atoms with Crippen LogP contribution in [-0.2, 0) is 4.79 Å². The molecule has 162 valence electrons. The van der Waals surface area contributed by atoms with Crippen molar-refractivity contribution in [2.45, 2.75) is 39.8 Å². The molecule has 0 unspecified atom stereocenters. The molecule has 1 aromatic rings. The monoisotopic (exact) mass is 402 g/mol. The summed E-state index contributed by atoms with van der Waals surface area (Å²) in [6, 6.07) is 11.4. The molecule has 7 heteroatoms. The van der Waals surface area contributed by atoms with Crippen molar-refractivity contribution in [3.8, 4) is 0 Å². The molecule has 1 aliphatic rings. The predicted molar refractivity (Wildman–Crippen MR) is 122 cm³/mol. The van der Waals surface area contributed by atoms with Crippen LogP contribution < -0.4 is 15.5 Å². The number of amides is 1. The van der Waals surface area contributed by atoms with E-state index in [2.05, 4.69) is 77.4 Å². The zero-order valence-corrected chi connectivity index (χ0v) is 18.7. The van der Waals surface area contributed by atoms with Crippen molar-refractivity contribution in [1.82, 2.24) is 20.4 Å². The highest BCUT2D eigenvalue weighted by Crippen LogP contribution is 2.15. The van der Waals surface area contributed by atoms with Gasteiger partial charge in [-0.1, -0.05) is 18.2 Å². The van der Waals surface area contributed by atoms with E-state index in [0.29, 0.717) is 18.0 Å². The lowest BCUT2D eigenvalue weighted by atomic mass is 10.2. The van der Waals surface area contributed by atoms with E-state index >= 15 is 0 Å². The molecule has 1 saturated heterocycles. The first-order valence-electron chi connectivity index (χ1n) is 10.7. The van der Waals surface area contributed by atoms with Gasteiger partial charge in [0.25, 0.3) is 0 Å². The Kier molecular flexibility index (Phi) is 9.25. The van der Waals surface area contributed by atoms with Gasteiger partial charge in [-0.15, -0.1) is 0 Å². The highest BCUT2D eigenvalue weighted by Gasteiger charge is 2.21. The quantitative estimate of drug-likeness (QED) is 0.511. The van der Waals surface area contributed by atoms with Crippen LogP contribution in [0.25, 0.3) is 0 Å². The Balaban J connectivity index is 1.71. The molecule has 0 aromatic heterocycles. The molecule has 29 heavy (non-hydrogen) atoms. The van der Waals surface area contributed by atoms with E-state index in [1.165, 1.54) is 5.69 Å². The summed E-state index contributed by atoms with van der Waals surface area (Å²) in [6.07, 6.45) is 0. The molecule has 2 N–H and O–H groups in total. The number of nitrogens with zero attached hydrogens (tertiary/aromatic N) is 4. The van der Waals surface area contributed by atoms with Crippen LogP contribution in [0.2, 0.25) is 0 Å². The van der Waals surface area contributed by atoms with E-state index in [4.69, 9.17) is 0 Å². The molecule has 0 saturated carbocycles. The number of aliphatic imine (C=N–C) groups is 1. The van der Waals surface area contributed by atoms with Gasteiger partial charge in [-0.25, -0.2) is 0 Å². The number of rotatable bonds is 8. The summed E-state index contributed by atoms with van der Waals surface area (Å²) < 4.78 is 0. The minimum atomic E-state index is 0.117. The summed E-state index contributed by atoms with van der Waals surface area (Å²) in [5.41, 5.74) is 1.22. The summed E-state index contributed by atoms with van der Waals surface area (Å²) in [6.45, 7) is 14.1. The van der Waals surface area contributed by atoms with E-state index in [1.54, 1.807) is 7.05 Å². The number of para-hydroxylation sites is 1. The van der Waals surface area contributed by atoms with Crippen molar-refractivity contribution in [3.63, 3.8) is 0 Å². The second kappa shape index (κ2) is 11.7. The number of guanidine groups is 1. The maximum atomic E-state index is 12.6. The van der Waals surface area contributed by atoms with Crippen LogP contribution in [0.3, 0.4) is 0 Å². The first kappa shape index (κ1) is 23.0. The van der Waals surface area contributed by atoms with Crippen LogP contribution in [0.5, 0.6) is 0 Å². The van der Waals surface area contributed by atoms with Gasteiger partial charge in [0.15, 0.2) is 5.96 Å². The van der Waals surface area contributed by atoms with Gasteiger partial charge in [0, 0.05) is 64.1 Å². The summed E-state index contributed by atoms with van der Waals surface area (Å²) in [5, 5.41) is 6.47. The summed E-state index contributed by atoms with van der Waals surface area (Å²) in [4.78, 5) is 23.5. The highest BCUT2D eigenvalue weighted by molar-refractivity contribution is 5.86. The van der Waals surface area contributed by atoms with Gasteiger partial charge in [-0.05, 0) is 39.8 Å². The number of anilines is 1. The number of piperazine rings is 1. The topological polar surface area (TPSA) is 63.2 Å². The molecular formula is C22H38N6O. The van der Waals surface area contributed by atoms with E-state index < -0.39 is 0 Å². The average molecular weight is 403 g/mol. The molecule has 1 aromatic carbocycles. The third-order valence-corrected chi connectivity index (χ3v) is 5.37. The number of hydrogen-bond acceptors (Lipinski definition) is 4. The van der Waals surface area contributed by atoms with Crippen LogP contribution in [-0.4, -0.2) is 86.6 Å². The molecule has 7 nitrogen and oxygen atoms in total. The van der Waals surface area contributed by atoms with Crippen molar-refractivity contribution < 1.29 is 4.79 Å². The molecule has 0 bridgehead atoms. The molecule has 0 radical (unpaired) electrons. The van der Waals surface area contributed by atoms with Crippen molar-refractivity contribution in [2.24, 2.45) is 4.99 Å². The number of carbonyl (C=O) groups excluding carboxylic acids is 1. The first-order valence-corrected chi connectivity index (χ1v) is 10.7. The Morgan fingerprint density at radius 3 is 2.21 bits per heavy atom. The highest BCUT2D eigenvalue weighted by atomic mass is 16.2. The Bertz CT molecular complexity index is 630. The summed E-state index contributed by atoms with van der Waals surface area (Å²) in [7, 11) is 1.74. The van der Waals surface area contributed by atoms with Crippen LogP contribution in [0.1, 0.15) is 27.7 Å². The van der Waals surface area contributed by atoms with E-state index in [9.17, 15) is 4.79 Å². The van der Waals surface area contributed by atoms with Crippen molar-refractivity contribution in [1.29, 1.82) is 0 Å². The normalized spacial score (nSPS) is 15.4. The molecule has 0 atom stereocenters. The van der Waals surface area contributed by atoms with Gasteiger partial charge < -0.3 is 20.4 Å². The number of nitrogens with one attached hydrogen (secondary N) is 2. The second-order valence-electron chi connectivity index (χ2n) is 7.98. The zero-order chi connectivity index (χ0) is 21.2. The number of benzene rings is 1. The predicted octanol–water partition coefficient (Wildman–Crippen LogP) is 1.62. The van der Waals surface area contributed by atoms with Crippen LogP contribution in [0, 0.1) is 0 Å². The first-order chi connectivity index (χ1) is 13.9. The largest absolute Gasteiger partial charge is 0.368 e. The lowest BCUT2D eigenvalue weighted by molar-refractivity contribution is -0.130. The van der Waals surface area contributed by atoms with Crippen molar-refractivity contribution >= 4 is 17.6 Å². The minimum Gasteiger partial charge on any atom is -0.368 e. The van der Waals surface area contributed by atoms with Gasteiger partial charge in [-0.3, -0.25) is 14.7 Å². The second-order valence-corrected chi connectivity index (χ2v) is 7.98. The Labute approximate surface area is 176 Å². The molecule has 1 aliphatic heterocycles.